The average Bonchev–Trinajstić information content (AvgIpc) is 3.37. The van der Waals surface area contributed by atoms with E-state index in [1.54, 1.807) is 34.9 Å². The van der Waals surface area contributed by atoms with Crippen LogP contribution in [0.25, 0.3) is 60.5 Å². The molecule has 2 heterocycles. The van der Waals surface area contributed by atoms with Crippen molar-refractivity contribution in [2.24, 2.45) is 0 Å². The Bertz CT molecular complexity index is 2330. The third-order valence-corrected chi connectivity index (χ3v) is 6.82. The Balaban J connectivity index is 1.42. The van der Waals surface area contributed by atoms with Gasteiger partial charge in [-0.3, -0.25) is 0 Å². The molecule has 0 N–H and O–H groups in total. The molecule has 0 bridgehead atoms. The van der Waals surface area contributed by atoms with Crippen LogP contribution in [0.5, 0.6) is 11.5 Å². The molecule has 0 atom stereocenters. The van der Waals surface area contributed by atoms with Crippen LogP contribution in [0.2, 0.25) is 0 Å². The Hall–Kier alpha value is -4.82. The van der Waals surface area contributed by atoms with Crippen molar-refractivity contribution < 1.29 is 15.7 Å². The summed E-state index contributed by atoms with van der Waals surface area (Å²) in [6, 6.07) is 22.1. The van der Waals surface area contributed by atoms with Crippen LogP contribution in [0.1, 0.15) is 11.0 Å². The van der Waals surface area contributed by atoms with Gasteiger partial charge in [-0.25, -0.2) is 0 Å². The Morgan fingerprint density at radius 3 is 2.00 bits per heavy atom. The highest BCUT2D eigenvalue weighted by Crippen LogP contribution is 2.48. The van der Waals surface area contributed by atoms with Gasteiger partial charge in [0, 0.05) is 27.4 Å². The summed E-state index contributed by atoms with van der Waals surface area (Å²) < 4.78 is 77.8. The predicted molar refractivity (Wildman–Crippen MR) is 149 cm³/mol. The van der Waals surface area contributed by atoms with Gasteiger partial charge in [-0.2, -0.15) is 0 Å². The minimum absolute atomic E-state index is 0.0449. The van der Waals surface area contributed by atoms with Crippen LogP contribution in [-0.2, 0) is 0 Å². The summed E-state index contributed by atoms with van der Waals surface area (Å²) >= 11 is 0. The molecule has 168 valence electrons. The van der Waals surface area contributed by atoms with E-state index in [2.05, 4.69) is 0 Å². The first kappa shape index (κ1) is 13.3. The molecule has 2 nitrogen and oxygen atoms in total. The van der Waals surface area contributed by atoms with Crippen LogP contribution in [0.15, 0.2) is 127 Å². The monoisotopic (exact) mass is 467 g/mol. The van der Waals surface area contributed by atoms with Gasteiger partial charge < -0.3 is 9.30 Å². The smallest absolute Gasteiger partial charge is 0.135 e. The first-order valence-corrected chi connectivity index (χ1v) is 11.6. The molecule has 7 aromatic rings. The number of benzene rings is 6. The summed E-state index contributed by atoms with van der Waals surface area (Å²) in [7, 11) is 0. The molecule has 0 saturated heterocycles. The van der Waals surface area contributed by atoms with Crippen LogP contribution in [0.4, 0.5) is 0 Å². The third-order valence-electron chi connectivity index (χ3n) is 6.82. The van der Waals surface area contributed by atoms with E-state index in [1.165, 1.54) is 0 Å². The number of rotatable bonds is 2. The van der Waals surface area contributed by atoms with Crippen molar-refractivity contribution in [1.29, 1.82) is 0 Å². The Labute approximate surface area is 219 Å². The molecular formula is C34H21NO. The van der Waals surface area contributed by atoms with Gasteiger partial charge in [0.05, 0.1) is 22.0 Å². The van der Waals surface area contributed by atoms with Gasteiger partial charge in [0.15, 0.2) is 0 Å². The Morgan fingerprint density at radius 1 is 0.528 bits per heavy atom. The van der Waals surface area contributed by atoms with Gasteiger partial charge in [-0.05, 0) is 58.4 Å². The normalized spacial score (nSPS) is 15.2. The molecule has 0 amide bonds. The number of hydrogen-bond acceptors (Lipinski definition) is 1. The second-order valence-electron chi connectivity index (χ2n) is 8.74. The first-order chi connectivity index (χ1) is 21.2. The molecular weight excluding hydrogens is 438 g/mol. The van der Waals surface area contributed by atoms with E-state index in [9.17, 15) is 0 Å². The van der Waals surface area contributed by atoms with E-state index in [0.717, 1.165) is 21.8 Å². The lowest BCUT2D eigenvalue weighted by atomic mass is 9.90. The van der Waals surface area contributed by atoms with Crippen molar-refractivity contribution in [3.8, 4) is 39.4 Å². The van der Waals surface area contributed by atoms with Crippen LogP contribution in [-0.4, -0.2) is 4.57 Å². The fraction of sp³-hybridized carbons (Fsp3) is 0. The van der Waals surface area contributed by atoms with Crippen molar-refractivity contribution in [3.63, 3.8) is 0 Å². The molecule has 1 aliphatic heterocycles. The molecule has 1 aromatic heterocycles. The van der Waals surface area contributed by atoms with E-state index in [1.807, 2.05) is 48.5 Å². The van der Waals surface area contributed by atoms with E-state index in [-0.39, 0.29) is 70.9 Å². The molecule has 36 heavy (non-hydrogen) atoms. The minimum Gasteiger partial charge on any atom is -0.456 e. The highest BCUT2D eigenvalue weighted by Gasteiger charge is 2.21. The summed E-state index contributed by atoms with van der Waals surface area (Å²) in [6.45, 7) is 0. The molecule has 0 aliphatic carbocycles. The van der Waals surface area contributed by atoms with Crippen molar-refractivity contribution in [2.45, 2.75) is 0 Å². The Kier molecular flexibility index (Phi) is 2.71. The van der Waals surface area contributed by atoms with Crippen molar-refractivity contribution >= 4 is 32.6 Å². The van der Waals surface area contributed by atoms with Gasteiger partial charge in [0.25, 0.3) is 0 Å². The lowest BCUT2D eigenvalue weighted by molar-refractivity contribution is 0.487. The van der Waals surface area contributed by atoms with Gasteiger partial charge in [-0.15, -0.1) is 0 Å². The maximum atomic E-state index is 9.17. The van der Waals surface area contributed by atoms with Crippen LogP contribution in [0, 0.1) is 0 Å². The summed E-state index contributed by atoms with van der Waals surface area (Å²) in [5.74, 6) is 0.428. The zero-order valence-corrected chi connectivity index (χ0v) is 18.9. The van der Waals surface area contributed by atoms with Crippen LogP contribution in [0.3, 0.4) is 0 Å². The number of aromatic nitrogens is 1. The number of fused-ring (bicyclic) bond motifs is 5. The third kappa shape index (κ3) is 2.67. The molecule has 8 rings (SSSR count). The molecule has 0 spiro atoms. The maximum absolute atomic E-state index is 9.17. The summed E-state index contributed by atoms with van der Waals surface area (Å²) in [4.78, 5) is 0. The summed E-state index contributed by atoms with van der Waals surface area (Å²) in [5, 5.41) is 3.06. The van der Waals surface area contributed by atoms with E-state index in [0.29, 0.717) is 27.6 Å². The van der Waals surface area contributed by atoms with E-state index in [4.69, 9.17) is 15.7 Å². The molecule has 0 saturated carbocycles. The molecule has 1 aliphatic rings. The topological polar surface area (TPSA) is 14.2 Å². The first-order valence-electron chi connectivity index (χ1n) is 15.6. The van der Waals surface area contributed by atoms with Crippen LogP contribution >= 0.6 is 0 Å². The average molecular weight is 468 g/mol. The van der Waals surface area contributed by atoms with Crippen molar-refractivity contribution in [3.05, 3.63) is 127 Å². The quantitative estimate of drug-likeness (QED) is 0.247. The van der Waals surface area contributed by atoms with Crippen LogP contribution < -0.4 is 4.74 Å². The second kappa shape index (κ2) is 7.34. The molecule has 2 heteroatoms. The highest BCUT2D eigenvalue weighted by molar-refractivity contribution is 6.11. The lowest BCUT2D eigenvalue weighted by Crippen LogP contribution is -1.97. The number of nitrogens with zero attached hydrogens (tertiary/aromatic N) is 1. The zero-order chi connectivity index (χ0) is 30.6. The van der Waals surface area contributed by atoms with E-state index < -0.39 is 0 Å². The lowest BCUT2D eigenvalue weighted by Gasteiger charge is -2.22. The largest absolute Gasteiger partial charge is 0.456 e. The van der Waals surface area contributed by atoms with Gasteiger partial charge in [0.1, 0.15) is 11.5 Å². The Morgan fingerprint density at radius 2 is 1.22 bits per heavy atom. The fourth-order valence-corrected chi connectivity index (χ4v) is 5.28. The molecule has 0 radical (unpaired) electrons. The fourth-order valence-electron chi connectivity index (χ4n) is 5.28. The van der Waals surface area contributed by atoms with Gasteiger partial charge in [-0.1, -0.05) is 90.9 Å². The number of para-hydroxylation sites is 3. The predicted octanol–water partition coefficient (Wildman–Crippen LogP) is 9.38. The van der Waals surface area contributed by atoms with Gasteiger partial charge >= 0.3 is 0 Å². The number of ether oxygens (including phenoxy) is 1. The SMILES string of the molecule is [2H]c1c([2H])c([2H])c2c(c1[2H])Oc1ccc(-c3c([2H])c([2H])c(-n4c5ccccc5c5ccccc54)c([2H])c3[2H])c3cccc-2c13. The zero-order valence-electron chi connectivity index (χ0n) is 26.9. The standard InChI is InChI=1S/C34H21NO/c1-4-13-30-25(8-1)26-9-2-5-14-31(26)35(30)23-18-16-22(17-19-23)24-20-21-33-34-28(24)11-7-12-29(34)27-10-3-6-15-32(27)36-33/h1-21H/i3D,6D,10D,15D,16D,17D,18D,19D. The molecule has 0 unspecified atom stereocenters. The van der Waals surface area contributed by atoms with Crippen molar-refractivity contribution in [2.75, 3.05) is 0 Å². The van der Waals surface area contributed by atoms with E-state index >= 15 is 0 Å². The second-order valence-corrected chi connectivity index (χ2v) is 8.74. The van der Waals surface area contributed by atoms with Crippen molar-refractivity contribution in [1.82, 2.24) is 4.57 Å². The highest BCUT2D eigenvalue weighted by atomic mass is 16.5. The molecule has 6 aromatic carbocycles. The molecule has 0 fully saturated rings. The maximum Gasteiger partial charge on any atom is 0.135 e. The minimum atomic E-state index is -0.381. The summed E-state index contributed by atoms with van der Waals surface area (Å²) in [6.07, 6.45) is 0. The summed E-state index contributed by atoms with van der Waals surface area (Å²) in [5.41, 5.74) is 3.11. The number of hydrogen-bond donors (Lipinski definition) is 0. The van der Waals surface area contributed by atoms with Gasteiger partial charge in [0.2, 0.25) is 0 Å².